The lowest BCUT2D eigenvalue weighted by molar-refractivity contribution is 0.260. The highest BCUT2D eigenvalue weighted by molar-refractivity contribution is 5.94. The first-order valence-corrected chi connectivity index (χ1v) is 7.26. The van der Waals surface area contributed by atoms with Crippen LogP contribution < -0.4 is 11.3 Å². The van der Waals surface area contributed by atoms with Gasteiger partial charge in [-0.1, -0.05) is 20.8 Å². The molecule has 1 aliphatic heterocycles. The summed E-state index contributed by atoms with van der Waals surface area (Å²) in [6, 6.07) is 1.82. The first-order chi connectivity index (χ1) is 9.43. The van der Waals surface area contributed by atoms with Crippen LogP contribution in [0.5, 0.6) is 0 Å². The lowest BCUT2D eigenvalue weighted by Crippen LogP contribution is -2.39. The Morgan fingerprint density at radius 3 is 2.75 bits per heavy atom. The van der Waals surface area contributed by atoms with Crippen molar-refractivity contribution in [1.82, 2.24) is 9.47 Å². The van der Waals surface area contributed by atoms with Crippen LogP contribution in [0.25, 0.3) is 0 Å². The molecule has 1 aliphatic rings. The van der Waals surface area contributed by atoms with Crippen molar-refractivity contribution in [3.8, 4) is 0 Å². The predicted octanol–water partition coefficient (Wildman–Crippen LogP) is 1.17. The lowest BCUT2D eigenvalue weighted by atomic mass is 10.0. The Kier molecular flexibility index (Phi) is 4.28. The first-order valence-electron chi connectivity index (χ1n) is 7.26. The Morgan fingerprint density at radius 1 is 1.50 bits per heavy atom. The molecule has 0 atom stereocenters. The molecule has 0 amide bonds. The van der Waals surface area contributed by atoms with Gasteiger partial charge in [-0.25, -0.2) is 0 Å². The molecule has 2 heterocycles. The summed E-state index contributed by atoms with van der Waals surface area (Å²) in [5.74, 6) is 0.257. The van der Waals surface area contributed by atoms with Crippen LogP contribution in [0, 0.1) is 11.3 Å². The number of nitrogen functional groups attached to an aromatic ring is 1. The maximum Gasteiger partial charge on any atom is 0.261 e. The predicted molar refractivity (Wildman–Crippen MR) is 81.2 cm³/mol. The first kappa shape index (κ1) is 14.8. The van der Waals surface area contributed by atoms with Crippen molar-refractivity contribution in [2.24, 2.45) is 11.7 Å². The average Bonchev–Trinajstić information content (AvgIpc) is 2.40. The van der Waals surface area contributed by atoms with Crippen LogP contribution in [0.2, 0.25) is 0 Å². The summed E-state index contributed by atoms with van der Waals surface area (Å²) in [5.41, 5.74) is 8.06. The van der Waals surface area contributed by atoms with Crippen molar-refractivity contribution in [3.63, 3.8) is 0 Å². The van der Waals surface area contributed by atoms with Crippen LogP contribution in [0.4, 0.5) is 0 Å². The topological polar surface area (TPSA) is 75.1 Å². The standard InChI is InChI=1S/C15H24N4O/c1-4-18-6-5-13-11(9-18)7-12(14(16)17)15(20)19(13)8-10(2)3/h7,10H,4-6,8-9H2,1-3H3,(H3,16,17). The van der Waals surface area contributed by atoms with Gasteiger partial charge in [-0.05, 0) is 24.1 Å². The molecule has 0 fully saturated rings. The summed E-state index contributed by atoms with van der Waals surface area (Å²) in [6.45, 7) is 9.85. The van der Waals surface area contributed by atoms with E-state index in [0.29, 0.717) is 18.0 Å². The van der Waals surface area contributed by atoms with Crippen molar-refractivity contribution in [3.05, 3.63) is 33.2 Å². The fourth-order valence-electron chi connectivity index (χ4n) is 2.80. The third kappa shape index (κ3) is 2.77. The molecule has 0 aromatic carbocycles. The van der Waals surface area contributed by atoms with Gasteiger partial charge in [0.05, 0.1) is 5.56 Å². The maximum absolute atomic E-state index is 12.5. The highest BCUT2D eigenvalue weighted by Crippen LogP contribution is 2.19. The number of nitrogens with zero attached hydrogens (tertiary/aromatic N) is 2. The zero-order valence-electron chi connectivity index (χ0n) is 12.6. The zero-order chi connectivity index (χ0) is 14.9. The van der Waals surface area contributed by atoms with Gasteiger partial charge in [0.2, 0.25) is 0 Å². The Labute approximate surface area is 119 Å². The van der Waals surface area contributed by atoms with Crippen molar-refractivity contribution < 1.29 is 0 Å². The summed E-state index contributed by atoms with van der Waals surface area (Å²) in [7, 11) is 0. The van der Waals surface area contributed by atoms with E-state index in [9.17, 15) is 4.79 Å². The molecule has 1 aromatic heterocycles. The number of pyridine rings is 1. The van der Waals surface area contributed by atoms with E-state index < -0.39 is 0 Å². The molecule has 0 aliphatic carbocycles. The highest BCUT2D eigenvalue weighted by atomic mass is 16.1. The molecular weight excluding hydrogens is 252 g/mol. The van der Waals surface area contributed by atoms with E-state index in [2.05, 4.69) is 25.7 Å². The van der Waals surface area contributed by atoms with Crippen molar-refractivity contribution >= 4 is 5.84 Å². The fourth-order valence-corrected chi connectivity index (χ4v) is 2.80. The van der Waals surface area contributed by atoms with Gasteiger partial charge in [0.1, 0.15) is 5.84 Å². The van der Waals surface area contributed by atoms with Gasteiger partial charge in [-0.15, -0.1) is 0 Å². The molecule has 5 nitrogen and oxygen atoms in total. The number of aromatic nitrogens is 1. The number of nitrogens with one attached hydrogen (secondary N) is 1. The second-order valence-electron chi connectivity index (χ2n) is 5.87. The molecule has 20 heavy (non-hydrogen) atoms. The minimum atomic E-state index is -0.135. The summed E-state index contributed by atoms with van der Waals surface area (Å²) in [5, 5.41) is 7.62. The summed E-state index contributed by atoms with van der Waals surface area (Å²) >= 11 is 0. The number of hydrogen-bond donors (Lipinski definition) is 2. The molecule has 2 rings (SSSR count). The Bertz CT molecular complexity index is 574. The molecular formula is C15H24N4O. The molecule has 3 N–H and O–H groups in total. The molecule has 0 saturated heterocycles. The number of likely N-dealkylation sites (N-methyl/N-ethyl adjacent to an activating group) is 1. The van der Waals surface area contributed by atoms with E-state index in [1.54, 1.807) is 0 Å². The van der Waals surface area contributed by atoms with Crippen molar-refractivity contribution in [2.45, 2.75) is 40.3 Å². The average molecular weight is 276 g/mol. The lowest BCUT2D eigenvalue weighted by Gasteiger charge is -2.30. The van der Waals surface area contributed by atoms with E-state index in [1.807, 2.05) is 10.6 Å². The maximum atomic E-state index is 12.5. The van der Waals surface area contributed by atoms with E-state index in [4.69, 9.17) is 11.1 Å². The molecule has 5 heteroatoms. The molecule has 110 valence electrons. The summed E-state index contributed by atoms with van der Waals surface area (Å²) < 4.78 is 1.84. The van der Waals surface area contributed by atoms with Gasteiger partial charge in [-0.2, -0.15) is 0 Å². The minimum Gasteiger partial charge on any atom is -0.384 e. The summed E-state index contributed by atoms with van der Waals surface area (Å²) in [6.07, 6.45) is 0.892. The number of amidine groups is 1. The molecule has 0 spiro atoms. The smallest absolute Gasteiger partial charge is 0.261 e. The zero-order valence-corrected chi connectivity index (χ0v) is 12.6. The van der Waals surface area contributed by atoms with Crippen LogP contribution >= 0.6 is 0 Å². The monoisotopic (exact) mass is 276 g/mol. The largest absolute Gasteiger partial charge is 0.384 e. The highest BCUT2D eigenvalue weighted by Gasteiger charge is 2.22. The normalized spacial score (nSPS) is 15.4. The molecule has 0 radical (unpaired) electrons. The second-order valence-corrected chi connectivity index (χ2v) is 5.87. The van der Waals surface area contributed by atoms with E-state index >= 15 is 0 Å². The Balaban J connectivity index is 2.57. The van der Waals surface area contributed by atoms with E-state index in [1.165, 1.54) is 0 Å². The third-order valence-corrected chi connectivity index (χ3v) is 3.83. The second kappa shape index (κ2) is 5.79. The Hall–Kier alpha value is -1.62. The fraction of sp³-hybridized carbons (Fsp3) is 0.600. The van der Waals surface area contributed by atoms with Gasteiger partial charge >= 0.3 is 0 Å². The van der Waals surface area contributed by atoms with E-state index in [-0.39, 0.29) is 11.4 Å². The van der Waals surface area contributed by atoms with Gasteiger partial charge < -0.3 is 10.3 Å². The molecule has 0 unspecified atom stereocenters. The van der Waals surface area contributed by atoms with Crippen LogP contribution in [0.15, 0.2) is 10.9 Å². The molecule has 0 saturated carbocycles. The quantitative estimate of drug-likeness (QED) is 0.640. The number of fused-ring (bicyclic) bond motifs is 1. The third-order valence-electron chi connectivity index (χ3n) is 3.83. The minimum absolute atomic E-state index is 0.116. The van der Waals surface area contributed by atoms with E-state index in [0.717, 1.165) is 37.3 Å². The number of rotatable bonds is 4. The van der Waals surface area contributed by atoms with Gasteiger partial charge in [-0.3, -0.25) is 15.1 Å². The number of hydrogen-bond acceptors (Lipinski definition) is 3. The molecule has 1 aromatic rings. The van der Waals surface area contributed by atoms with Crippen LogP contribution in [-0.4, -0.2) is 28.4 Å². The SMILES string of the molecule is CCN1CCc2c(cc(C(=N)N)c(=O)n2CC(C)C)C1. The van der Waals surface area contributed by atoms with Crippen molar-refractivity contribution in [2.75, 3.05) is 13.1 Å². The van der Waals surface area contributed by atoms with Gasteiger partial charge in [0.15, 0.2) is 0 Å². The Morgan fingerprint density at radius 2 is 2.20 bits per heavy atom. The van der Waals surface area contributed by atoms with Crippen LogP contribution in [0.1, 0.15) is 37.6 Å². The summed E-state index contributed by atoms with van der Waals surface area (Å²) in [4.78, 5) is 14.8. The number of nitrogens with two attached hydrogens (primary N) is 1. The molecule has 0 bridgehead atoms. The van der Waals surface area contributed by atoms with Gasteiger partial charge in [0.25, 0.3) is 5.56 Å². The van der Waals surface area contributed by atoms with Gasteiger partial charge in [0, 0.05) is 31.7 Å². The van der Waals surface area contributed by atoms with Crippen LogP contribution in [-0.2, 0) is 19.5 Å². The van der Waals surface area contributed by atoms with Crippen LogP contribution in [0.3, 0.4) is 0 Å². The van der Waals surface area contributed by atoms with Crippen molar-refractivity contribution in [1.29, 1.82) is 5.41 Å².